The molecule has 3 rings (SSSR count). The summed E-state index contributed by atoms with van der Waals surface area (Å²) < 4.78 is 37.7. The predicted molar refractivity (Wildman–Crippen MR) is 85.6 cm³/mol. The SMILES string of the molecule is O=[N+]([O-])c1ccc(NS(=O)(=O)c2ccccc2)c(OCC2CO2)c1. The van der Waals surface area contributed by atoms with E-state index in [1.165, 1.54) is 30.3 Å². The molecule has 2 aromatic carbocycles. The molecule has 1 fully saturated rings. The highest BCUT2D eigenvalue weighted by molar-refractivity contribution is 7.92. The fourth-order valence-electron chi connectivity index (χ4n) is 1.98. The van der Waals surface area contributed by atoms with E-state index in [1.54, 1.807) is 18.2 Å². The summed E-state index contributed by atoms with van der Waals surface area (Å²) in [6.07, 6.45) is -0.0668. The van der Waals surface area contributed by atoms with E-state index >= 15 is 0 Å². The van der Waals surface area contributed by atoms with Crippen molar-refractivity contribution in [2.24, 2.45) is 0 Å². The molecule has 0 bridgehead atoms. The van der Waals surface area contributed by atoms with Crippen LogP contribution >= 0.6 is 0 Å². The Labute approximate surface area is 138 Å². The first kappa shape index (κ1) is 16.2. The van der Waals surface area contributed by atoms with Crippen LogP contribution in [-0.2, 0) is 14.8 Å². The summed E-state index contributed by atoms with van der Waals surface area (Å²) in [4.78, 5) is 10.4. The van der Waals surface area contributed by atoms with E-state index in [2.05, 4.69) is 4.72 Å². The number of benzene rings is 2. The Bertz CT molecular complexity index is 850. The average molecular weight is 350 g/mol. The van der Waals surface area contributed by atoms with Crippen molar-refractivity contribution in [3.8, 4) is 5.75 Å². The summed E-state index contributed by atoms with van der Waals surface area (Å²) in [5.41, 5.74) is -0.0607. The average Bonchev–Trinajstić information content (AvgIpc) is 3.38. The number of nitrogens with one attached hydrogen (secondary N) is 1. The highest BCUT2D eigenvalue weighted by Gasteiger charge is 2.25. The monoisotopic (exact) mass is 350 g/mol. The van der Waals surface area contributed by atoms with Crippen molar-refractivity contribution in [3.05, 3.63) is 58.6 Å². The van der Waals surface area contributed by atoms with Crippen molar-refractivity contribution in [1.82, 2.24) is 0 Å². The van der Waals surface area contributed by atoms with Crippen LogP contribution in [0.4, 0.5) is 11.4 Å². The van der Waals surface area contributed by atoms with Gasteiger partial charge in [-0.15, -0.1) is 0 Å². The number of non-ortho nitro benzene ring substituents is 1. The van der Waals surface area contributed by atoms with Gasteiger partial charge in [0.1, 0.15) is 18.5 Å². The molecule has 9 heteroatoms. The molecule has 1 saturated heterocycles. The van der Waals surface area contributed by atoms with Gasteiger partial charge in [0.15, 0.2) is 0 Å². The van der Waals surface area contributed by atoms with E-state index in [9.17, 15) is 18.5 Å². The quantitative estimate of drug-likeness (QED) is 0.465. The third kappa shape index (κ3) is 3.81. The number of epoxide rings is 1. The molecular formula is C15H14N2O6S. The van der Waals surface area contributed by atoms with Crippen LogP contribution in [0.3, 0.4) is 0 Å². The van der Waals surface area contributed by atoms with Crippen molar-refractivity contribution in [2.75, 3.05) is 17.9 Å². The van der Waals surface area contributed by atoms with E-state index in [4.69, 9.17) is 9.47 Å². The summed E-state index contributed by atoms with van der Waals surface area (Å²) in [5.74, 6) is 0.0826. The first-order chi connectivity index (χ1) is 11.5. The third-order valence-electron chi connectivity index (χ3n) is 3.30. The summed E-state index contributed by atoms with van der Waals surface area (Å²) in [6, 6.07) is 11.5. The lowest BCUT2D eigenvalue weighted by atomic mass is 10.2. The number of hydrogen-bond donors (Lipinski definition) is 1. The van der Waals surface area contributed by atoms with Gasteiger partial charge in [0, 0.05) is 6.07 Å². The minimum absolute atomic E-state index is 0.0668. The van der Waals surface area contributed by atoms with Crippen LogP contribution in [0.5, 0.6) is 5.75 Å². The molecule has 1 unspecified atom stereocenters. The number of rotatable bonds is 7. The standard InChI is InChI=1S/C15H14N2O6S/c18-17(19)11-6-7-14(15(8-11)23-10-12-9-22-12)16-24(20,21)13-4-2-1-3-5-13/h1-8,12,16H,9-10H2. The maximum atomic E-state index is 12.4. The molecular weight excluding hydrogens is 336 g/mol. The number of sulfonamides is 1. The normalized spacial score (nSPS) is 16.4. The van der Waals surface area contributed by atoms with Gasteiger partial charge in [-0.1, -0.05) is 18.2 Å². The molecule has 1 heterocycles. The Morgan fingerprint density at radius 1 is 1.25 bits per heavy atom. The van der Waals surface area contributed by atoms with E-state index in [-0.39, 0.29) is 34.7 Å². The molecule has 0 saturated carbocycles. The fourth-order valence-corrected chi connectivity index (χ4v) is 3.07. The van der Waals surface area contributed by atoms with Crippen LogP contribution in [0, 0.1) is 10.1 Å². The zero-order chi connectivity index (χ0) is 17.2. The molecule has 0 radical (unpaired) electrons. The minimum Gasteiger partial charge on any atom is -0.488 e. The molecule has 1 N–H and O–H groups in total. The molecule has 1 aliphatic rings. The maximum Gasteiger partial charge on any atom is 0.273 e. The molecule has 0 spiro atoms. The highest BCUT2D eigenvalue weighted by atomic mass is 32.2. The number of nitro benzene ring substituents is 1. The Morgan fingerprint density at radius 3 is 2.58 bits per heavy atom. The van der Waals surface area contributed by atoms with Gasteiger partial charge in [0.25, 0.3) is 15.7 Å². The van der Waals surface area contributed by atoms with Gasteiger partial charge in [-0.25, -0.2) is 8.42 Å². The molecule has 1 atom stereocenters. The Kier molecular flexibility index (Phi) is 4.36. The van der Waals surface area contributed by atoms with Crippen molar-refractivity contribution >= 4 is 21.4 Å². The van der Waals surface area contributed by atoms with Gasteiger partial charge in [-0.3, -0.25) is 14.8 Å². The van der Waals surface area contributed by atoms with Gasteiger partial charge in [-0.05, 0) is 18.2 Å². The van der Waals surface area contributed by atoms with Crippen LogP contribution < -0.4 is 9.46 Å². The van der Waals surface area contributed by atoms with Crippen LogP contribution in [-0.4, -0.2) is 32.7 Å². The molecule has 126 valence electrons. The van der Waals surface area contributed by atoms with Crippen molar-refractivity contribution in [1.29, 1.82) is 0 Å². The maximum absolute atomic E-state index is 12.4. The Hall–Kier alpha value is -2.65. The molecule has 0 aromatic heterocycles. The zero-order valence-corrected chi connectivity index (χ0v) is 13.2. The van der Waals surface area contributed by atoms with Gasteiger partial charge >= 0.3 is 0 Å². The first-order valence-corrected chi connectivity index (χ1v) is 8.55. The van der Waals surface area contributed by atoms with Crippen LogP contribution in [0.2, 0.25) is 0 Å². The predicted octanol–water partition coefficient (Wildman–Crippen LogP) is 2.17. The molecule has 1 aliphatic heterocycles. The number of hydrogen-bond acceptors (Lipinski definition) is 6. The van der Waals surface area contributed by atoms with Gasteiger partial charge in [0.05, 0.1) is 28.2 Å². The van der Waals surface area contributed by atoms with Crippen LogP contribution in [0.15, 0.2) is 53.4 Å². The third-order valence-corrected chi connectivity index (χ3v) is 4.68. The van der Waals surface area contributed by atoms with E-state index in [0.29, 0.717) is 6.61 Å². The lowest BCUT2D eigenvalue weighted by molar-refractivity contribution is -0.384. The number of nitro groups is 1. The van der Waals surface area contributed by atoms with E-state index in [1.807, 2.05) is 0 Å². The van der Waals surface area contributed by atoms with Gasteiger partial charge in [-0.2, -0.15) is 0 Å². The number of ether oxygens (including phenoxy) is 2. The van der Waals surface area contributed by atoms with Gasteiger partial charge in [0.2, 0.25) is 0 Å². The zero-order valence-electron chi connectivity index (χ0n) is 12.4. The Morgan fingerprint density at radius 2 is 1.96 bits per heavy atom. The lowest BCUT2D eigenvalue weighted by Crippen LogP contribution is -2.14. The van der Waals surface area contributed by atoms with Crippen LogP contribution in [0.25, 0.3) is 0 Å². The minimum atomic E-state index is -3.82. The van der Waals surface area contributed by atoms with Crippen molar-refractivity contribution in [3.63, 3.8) is 0 Å². The van der Waals surface area contributed by atoms with Crippen molar-refractivity contribution < 1.29 is 22.8 Å². The summed E-state index contributed by atoms with van der Waals surface area (Å²) in [7, 11) is -3.82. The fraction of sp³-hybridized carbons (Fsp3) is 0.200. The van der Waals surface area contributed by atoms with E-state index in [0.717, 1.165) is 0 Å². The highest BCUT2D eigenvalue weighted by Crippen LogP contribution is 2.31. The summed E-state index contributed by atoms with van der Waals surface area (Å²) in [6.45, 7) is 0.751. The molecule has 0 aliphatic carbocycles. The summed E-state index contributed by atoms with van der Waals surface area (Å²) >= 11 is 0. The topological polar surface area (TPSA) is 111 Å². The summed E-state index contributed by atoms with van der Waals surface area (Å²) in [5, 5.41) is 10.9. The second kappa shape index (κ2) is 6.46. The van der Waals surface area contributed by atoms with Crippen molar-refractivity contribution in [2.45, 2.75) is 11.0 Å². The second-order valence-corrected chi connectivity index (χ2v) is 6.80. The Balaban J connectivity index is 1.89. The first-order valence-electron chi connectivity index (χ1n) is 7.06. The smallest absolute Gasteiger partial charge is 0.273 e. The number of nitrogens with zero attached hydrogens (tertiary/aromatic N) is 1. The van der Waals surface area contributed by atoms with Gasteiger partial charge < -0.3 is 9.47 Å². The second-order valence-electron chi connectivity index (χ2n) is 5.12. The molecule has 2 aromatic rings. The van der Waals surface area contributed by atoms with Crippen LogP contribution in [0.1, 0.15) is 0 Å². The molecule has 0 amide bonds. The number of anilines is 1. The molecule has 8 nitrogen and oxygen atoms in total. The lowest BCUT2D eigenvalue weighted by Gasteiger charge is -2.13. The largest absolute Gasteiger partial charge is 0.488 e. The van der Waals surface area contributed by atoms with E-state index < -0.39 is 14.9 Å². The molecule has 24 heavy (non-hydrogen) atoms.